The molecule has 0 spiro atoms. The fourth-order valence-corrected chi connectivity index (χ4v) is 3.87. The van der Waals surface area contributed by atoms with E-state index in [1.807, 2.05) is 9.80 Å². The first-order valence-electron chi connectivity index (χ1n) is 10.1. The monoisotopic (exact) mass is 462 g/mol. The van der Waals surface area contributed by atoms with E-state index in [4.69, 9.17) is 16.3 Å². The van der Waals surface area contributed by atoms with Crippen molar-refractivity contribution >= 4 is 29.1 Å². The minimum absolute atomic E-state index is 0.0447. The summed E-state index contributed by atoms with van der Waals surface area (Å²) in [5.74, 6) is -0.320. The van der Waals surface area contributed by atoms with Gasteiger partial charge in [-0.05, 0) is 25.1 Å². The Balaban J connectivity index is 1.49. The van der Waals surface area contributed by atoms with Gasteiger partial charge in [-0.25, -0.2) is 0 Å². The van der Waals surface area contributed by atoms with Crippen molar-refractivity contribution in [3.8, 4) is 0 Å². The van der Waals surface area contributed by atoms with Crippen LogP contribution in [0, 0.1) is 0 Å². The molecule has 2 heterocycles. The summed E-state index contributed by atoms with van der Waals surface area (Å²) >= 11 is 5.62. The van der Waals surface area contributed by atoms with Crippen molar-refractivity contribution in [2.45, 2.75) is 19.1 Å². The zero-order chi connectivity index (χ0) is 22.6. The second-order valence-corrected chi connectivity index (χ2v) is 8.07. The van der Waals surface area contributed by atoms with Crippen LogP contribution in [0.25, 0.3) is 0 Å². The number of rotatable bonds is 5. The van der Waals surface area contributed by atoms with E-state index in [1.54, 1.807) is 11.8 Å². The number of morpholine rings is 1. The fourth-order valence-electron chi connectivity index (χ4n) is 3.65. The predicted molar refractivity (Wildman–Crippen MR) is 110 cm³/mol. The zero-order valence-corrected chi connectivity index (χ0v) is 18.0. The van der Waals surface area contributed by atoms with Gasteiger partial charge >= 0.3 is 6.18 Å². The molecule has 1 N–H and O–H groups in total. The average Bonchev–Trinajstić information content (AvgIpc) is 2.75. The molecule has 2 saturated heterocycles. The number of hydrogen-bond donors (Lipinski definition) is 1. The van der Waals surface area contributed by atoms with Gasteiger partial charge in [-0.1, -0.05) is 11.6 Å². The lowest BCUT2D eigenvalue weighted by Gasteiger charge is -2.38. The molecule has 0 aromatic heterocycles. The maximum Gasteiger partial charge on any atom is 0.417 e. The molecule has 0 saturated carbocycles. The fraction of sp³-hybridized carbons (Fsp3) is 0.600. The topological polar surface area (TPSA) is 65.1 Å². The van der Waals surface area contributed by atoms with Crippen LogP contribution in [0.2, 0.25) is 5.02 Å². The SMILES string of the molecule is CC(C(=O)Nc1ccc(Cl)c(C(F)(F)F)c1)N1CCN(CC(=O)N2CCOCC2)CC1. The summed E-state index contributed by atoms with van der Waals surface area (Å²) < 4.78 is 44.3. The summed E-state index contributed by atoms with van der Waals surface area (Å²) in [7, 11) is 0. The number of carbonyl (C=O) groups is 2. The molecular weight excluding hydrogens is 437 g/mol. The lowest BCUT2D eigenvalue weighted by molar-refractivity contribution is -0.138. The second-order valence-electron chi connectivity index (χ2n) is 7.66. The number of ether oxygens (including phenoxy) is 1. The van der Waals surface area contributed by atoms with Gasteiger partial charge < -0.3 is 15.0 Å². The summed E-state index contributed by atoms with van der Waals surface area (Å²) in [6, 6.07) is 2.77. The molecule has 2 amide bonds. The van der Waals surface area contributed by atoms with Crippen molar-refractivity contribution in [2.24, 2.45) is 0 Å². The molecule has 1 unspecified atom stereocenters. The number of halogens is 4. The number of anilines is 1. The molecular formula is C20H26ClF3N4O3. The molecule has 7 nitrogen and oxygen atoms in total. The van der Waals surface area contributed by atoms with Gasteiger partial charge in [0.15, 0.2) is 0 Å². The van der Waals surface area contributed by atoms with Crippen LogP contribution in [0.3, 0.4) is 0 Å². The second kappa shape index (κ2) is 10.2. The molecule has 2 fully saturated rings. The number of alkyl halides is 3. The number of benzene rings is 1. The van der Waals surface area contributed by atoms with Gasteiger partial charge in [-0.2, -0.15) is 13.2 Å². The number of nitrogens with one attached hydrogen (secondary N) is 1. The largest absolute Gasteiger partial charge is 0.417 e. The van der Waals surface area contributed by atoms with Gasteiger partial charge in [0, 0.05) is 45.0 Å². The Bertz CT molecular complexity index is 794. The minimum atomic E-state index is -4.60. The van der Waals surface area contributed by atoms with E-state index in [0.29, 0.717) is 59.0 Å². The highest BCUT2D eigenvalue weighted by Crippen LogP contribution is 2.36. The standard InChI is InChI=1S/C20H26ClF3N4O3/c1-14(19(30)25-15-2-3-17(21)16(12-15)20(22,23)24)27-6-4-26(5-7-27)13-18(29)28-8-10-31-11-9-28/h2-3,12,14H,4-11,13H2,1H3,(H,25,30). The van der Waals surface area contributed by atoms with Gasteiger partial charge in [0.05, 0.1) is 36.4 Å². The summed E-state index contributed by atoms with van der Waals surface area (Å²) in [5, 5.41) is 2.12. The number of hydrogen-bond acceptors (Lipinski definition) is 5. The van der Waals surface area contributed by atoms with Crippen LogP contribution in [0.15, 0.2) is 18.2 Å². The molecule has 1 aromatic rings. The number of amides is 2. The summed E-state index contributed by atoms with van der Waals surface area (Å²) in [6.45, 7) is 6.81. The summed E-state index contributed by atoms with van der Waals surface area (Å²) in [6.07, 6.45) is -4.60. The van der Waals surface area contributed by atoms with Gasteiger partial charge in [0.1, 0.15) is 0 Å². The van der Waals surface area contributed by atoms with E-state index >= 15 is 0 Å². The van der Waals surface area contributed by atoms with Crippen LogP contribution in [0.4, 0.5) is 18.9 Å². The Morgan fingerprint density at radius 3 is 2.39 bits per heavy atom. The zero-order valence-electron chi connectivity index (χ0n) is 17.3. The molecule has 172 valence electrons. The van der Waals surface area contributed by atoms with E-state index in [0.717, 1.165) is 12.1 Å². The van der Waals surface area contributed by atoms with E-state index < -0.39 is 28.7 Å². The quantitative estimate of drug-likeness (QED) is 0.726. The smallest absolute Gasteiger partial charge is 0.378 e. The van der Waals surface area contributed by atoms with Crippen molar-refractivity contribution in [3.05, 3.63) is 28.8 Å². The van der Waals surface area contributed by atoms with E-state index in [1.165, 1.54) is 6.07 Å². The first-order valence-corrected chi connectivity index (χ1v) is 10.5. The van der Waals surface area contributed by atoms with Crippen LogP contribution in [-0.2, 0) is 20.5 Å². The van der Waals surface area contributed by atoms with E-state index in [2.05, 4.69) is 5.32 Å². The van der Waals surface area contributed by atoms with Crippen LogP contribution in [0.5, 0.6) is 0 Å². The highest BCUT2D eigenvalue weighted by atomic mass is 35.5. The van der Waals surface area contributed by atoms with Gasteiger partial charge in [-0.3, -0.25) is 19.4 Å². The highest BCUT2D eigenvalue weighted by molar-refractivity contribution is 6.31. The third kappa shape index (κ3) is 6.31. The first-order chi connectivity index (χ1) is 14.6. The molecule has 0 aliphatic carbocycles. The lowest BCUT2D eigenvalue weighted by atomic mass is 10.1. The molecule has 11 heteroatoms. The third-order valence-corrected chi connectivity index (χ3v) is 5.93. The molecule has 3 rings (SSSR count). The predicted octanol–water partition coefficient (Wildman–Crippen LogP) is 2.16. The first kappa shape index (κ1) is 23.8. The average molecular weight is 463 g/mol. The Morgan fingerprint density at radius 2 is 1.77 bits per heavy atom. The highest BCUT2D eigenvalue weighted by Gasteiger charge is 2.34. The molecule has 0 radical (unpaired) electrons. The van der Waals surface area contributed by atoms with Crippen LogP contribution in [0.1, 0.15) is 12.5 Å². The Morgan fingerprint density at radius 1 is 1.13 bits per heavy atom. The van der Waals surface area contributed by atoms with Crippen LogP contribution >= 0.6 is 11.6 Å². The number of piperazine rings is 1. The van der Waals surface area contributed by atoms with Gasteiger partial charge in [-0.15, -0.1) is 0 Å². The summed E-state index contributed by atoms with van der Waals surface area (Å²) in [5.41, 5.74) is -0.943. The van der Waals surface area contributed by atoms with Crippen LogP contribution < -0.4 is 5.32 Å². The molecule has 1 atom stereocenters. The summed E-state index contributed by atoms with van der Waals surface area (Å²) in [4.78, 5) is 30.7. The van der Waals surface area contributed by atoms with E-state index in [9.17, 15) is 22.8 Å². The van der Waals surface area contributed by atoms with Crippen molar-refractivity contribution in [2.75, 3.05) is 64.3 Å². The Labute approximate surface area is 184 Å². The molecule has 31 heavy (non-hydrogen) atoms. The number of carbonyl (C=O) groups excluding carboxylic acids is 2. The minimum Gasteiger partial charge on any atom is -0.378 e. The van der Waals surface area contributed by atoms with Crippen molar-refractivity contribution in [1.82, 2.24) is 14.7 Å². The molecule has 2 aliphatic rings. The van der Waals surface area contributed by atoms with Crippen LogP contribution in [-0.4, -0.2) is 91.6 Å². The van der Waals surface area contributed by atoms with Gasteiger partial charge in [0.2, 0.25) is 11.8 Å². The molecule has 0 bridgehead atoms. The molecule has 2 aliphatic heterocycles. The Kier molecular flexibility index (Phi) is 7.79. The Hall–Kier alpha value is -1.88. The maximum atomic E-state index is 13.0. The van der Waals surface area contributed by atoms with Crippen molar-refractivity contribution < 1.29 is 27.5 Å². The normalized spacial score (nSPS) is 19.8. The third-order valence-electron chi connectivity index (χ3n) is 5.60. The van der Waals surface area contributed by atoms with Crippen molar-refractivity contribution in [1.29, 1.82) is 0 Å². The lowest BCUT2D eigenvalue weighted by Crippen LogP contribution is -2.55. The van der Waals surface area contributed by atoms with Gasteiger partial charge in [0.25, 0.3) is 0 Å². The van der Waals surface area contributed by atoms with Crippen molar-refractivity contribution in [3.63, 3.8) is 0 Å². The number of nitrogens with zero attached hydrogens (tertiary/aromatic N) is 3. The van der Waals surface area contributed by atoms with E-state index in [-0.39, 0.29) is 11.6 Å². The maximum absolute atomic E-state index is 13.0. The molecule has 1 aromatic carbocycles.